The summed E-state index contributed by atoms with van der Waals surface area (Å²) < 4.78 is 5.85. The topological polar surface area (TPSA) is 64.7 Å². The molecule has 0 spiro atoms. The first-order valence-corrected chi connectivity index (χ1v) is 7.12. The van der Waals surface area contributed by atoms with Gasteiger partial charge >= 0.3 is 0 Å². The summed E-state index contributed by atoms with van der Waals surface area (Å²) in [6.45, 7) is 6.00. The highest BCUT2D eigenvalue weighted by atomic mass is 16.5. The lowest BCUT2D eigenvalue weighted by molar-refractivity contribution is -0.118. The van der Waals surface area contributed by atoms with Crippen molar-refractivity contribution >= 4 is 17.5 Å². The second-order valence-corrected chi connectivity index (χ2v) is 5.53. The molecule has 4 heteroatoms. The first-order valence-electron chi connectivity index (χ1n) is 7.12. The molecule has 1 amide bonds. The van der Waals surface area contributed by atoms with E-state index in [2.05, 4.69) is 11.9 Å². The second-order valence-electron chi connectivity index (χ2n) is 5.53. The molecule has 0 saturated heterocycles. The van der Waals surface area contributed by atoms with Crippen LogP contribution < -0.4 is 5.73 Å². The lowest BCUT2D eigenvalue weighted by Gasteiger charge is -2.37. The molecule has 2 N–H and O–H groups in total. The Kier molecular flexibility index (Phi) is 4.12. The molecule has 2 rings (SSSR count). The zero-order chi connectivity index (χ0) is 14.8. The smallest absolute Gasteiger partial charge is 0.248 e. The van der Waals surface area contributed by atoms with Crippen LogP contribution in [0.4, 0.5) is 5.69 Å². The van der Waals surface area contributed by atoms with Crippen molar-refractivity contribution in [3.05, 3.63) is 29.8 Å². The van der Waals surface area contributed by atoms with Crippen LogP contribution in [0.25, 0.3) is 0 Å². The number of amides is 1. The zero-order valence-corrected chi connectivity index (χ0v) is 12.3. The molecule has 1 unspecified atom stereocenters. The lowest BCUT2D eigenvalue weighted by Crippen LogP contribution is -2.42. The van der Waals surface area contributed by atoms with Crippen molar-refractivity contribution in [2.45, 2.75) is 51.6 Å². The van der Waals surface area contributed by atoms with E-state index in [1.807, 2.05) is 38.1 Å². The second kappa shape index (κ2) is 5.65. The van der Waals surface area contributed by atoms with Crippen LogP contribution >= 0.6 is 0 Å². The lowest BCUT2D eigenvalue weighted by atomic mass is 9.72. The van der Waals surface area contributed by atoms with Gasteiger partial charge in [-0.1, -0.05) is 19.1 Å². The summed E-state index contributed by atoms with van der Waals surface area (Å²) in [6, 6.07) is 7.79. The Bertz CT molecular complexity index is 520. The third-order valence-corrected chi connectivity index (χ3v) is 3.82. The maximum Gasteiger partial charge on any atom is 0.248 e. The van der Waals surface area contributed by atoms with Crippen molar-refractivity contribution in [1.29, 1.82) is 0 Å². The van der Waals surface area contributed by atoms with Gasteiger partial charge in [-0.25, -0.2) is 0 Å². The zero-order valence-electron chi connectivity index (χ0n) is 12.3. The van der Waals surface area contributed by atoms with Crippen LogP contribution in [0.1, 0.15) is 45.6 Å². The van der Waals surface area contributed by atoms with Gasteiger partial charge in [0.2, 0.25) is 11.8 Å². The molecular formula is C16H22N2O2. The molecule has 1 atom stereocenters. The van der Waals surface area contributed by atoms with E-state index in [0.717, 1.165) is 24.1 Å². The molecule has 0 bridgehead atoms. The van der Waals surface area contributed by atoms with Crippen molar-refractivity contribution in [2.75, 3.05) is 5.73 Å². The molecular weight excluding hydrogens is 252 g/mol. The number of anilines is 1. The number of aliphatic imine (C=N–C) groups is 1. The van der Waals surface area contributed by atoms with E-state index in [1.165, 1.54) is 0 Å². The van der Waals surface area contributed by atoms with E-state index in [0.29, 0.717) is 12.3 Å². The van der Waals surface area contributed by atoms with Crippen molar-refractivity contribution in [3.63, 3.8) is 0 Å². The Morgan fingerprint density at radius 1 is 1.35 bits per heavy atom. The summed E-state index contributed by atoms with van der Waals surface area (Å²) >= 11 is 0. The molecule has 0 radical (unpaired) electrons. The van der Waals surface area contributed by atoms with E-state index < -0.39 is 0 Å². The van der Waals surface area contributed by atoms with Crippen LogP contribution in [0.2, 0.25) is 0 Å². The first kappa shape index (κ1) is 14.6. The molecule has 0 aliphatic carbocycles. The van der Waals surface area contributed by atoms with Gasteiger partial charge in [0.05, 0.1) is 11.5 Å². The summed E-state index contributed by atoms with van der Waals surface area (Å²) in [5, 5.41) is 0. The number of nitrogens with zero attached hydrogens (tertiary/aromatic N) is 1. The number of rotatable bonds is 3. The van der Waals surface area contributed by atoms with Gasteiger partial charge in [-0.15, -0.1) is 0 Å². The number of ether oxygens (including phenoxy) is 1. The van der Waals surface area contributed by atoms with Gasteiger partial charge in [-0.3, -0.25) is 4.79 Å². The summed E-state index contributed by atoms with van der Waals surface area (Å²) in [4.78, 5) is 15.8. The Labute approximate surface area is 120 Å². The van der Waals surface area contributed by atoms with Crippen LogP contribution in [-0.2, 0) is 14.9 Å². The van der Waals surface area contributed by atoms with Crippen molar-refractivity contribution < 1.29 is 9.53 Å². The van der Waals surface area contributed by atoms with Crippen molar-refractivity contribution in [2.24, 2.45) is 4.99 Å². The van der Waals surface area contributed by atoms with E-state index >= 15 is 0 Å². The summed E-state index contributed by atoms with van der Waals surface area (Å²) in [5.41, 5.74) is 7.29. The standard InChI is InChI=1S/C16H22N2O2/c1-4-16(12-5-7-13(17)8-6-12)10-9-14(19)18-15(16)20-11(2)3/h5-8,11H,4,9-10,17H2,1-3H3. The number of hydrogen-bond donors (Lipinski definition) is 1. The molecule has 0 aromatic heterocycles. The van der Waals surface area contributed by atoms with Gasteiger partial charge in [0, 0.05) is 12.1 Å². The first-order chi connectivity index (χ1) is 9.48. The van der Waals surface area contributed by atoms with E-state index in [4.69, 9.17) is 10.5 Å². The molecule has 20 heavy (non-hydrogen) atoms. The molecule has 1 aliphatic rings. The average molecular weight is 274 g/mol. The van der Waals surface area contributed by atoms with Crippen LogP contribution in [0.5, 0.6) is 0 Å². The van der Waals surface area contributed by atoms with Crippen LogP contribution in [0.15, 0.2) is 29.3 Å². The Morgan fingerprint density at radius 2 is 2.00 bits per heavy atom. The molecule has 1 aromatic carbocycles. The Morgan fingerprint density at radius 3 is 2.55 bits per heavy atom. The number of hydrogen-bond acceptors (Lipinski definition) is 3. The van der Waals surface area contributed by atoms with Gasteiger partial charge in [0.25, 0.3) is 0 Å². The molecule has 108 valence electrons. The highest BCUT2D eigenvalue weighted by Gasteiger charge is 2.41. The quantitative estimate of drug-likeness (QED) is 0.861. The number of nitrogen functional groups attached to an aromatic ring is 1. The third kappa shape index (κ3) is 2.69. The minimum absolute atomic E-state index is 0.000596. The minimum atomic E-state index is -0.314. The summed E-state index contributed by atoms with van der Waals surface area (Å²) in [5.74, 6) is 0.455. The Hall–Kier alpha value is -1.84. The predicted octanol–water partition coefficient (Wildman–Crippen LogP) is 3.06. The van der Waals surface area contributed by atoms with Gasteiger partial charge < -0.3 is 10.5 Å². The van der Waals surface area contributed by atoms with Crippen LogP contribution in [0, 0.1) is 0 Å². The predicted molar refractivity (Wildman–Crippen MR) is 80.7 cm³/mol. The van der Waals surface area contributed by atoms with E-state index in [-0.39, 0.29) is 17.4 Å². The fraction of sp³-hybridized carbons (Fsp3) is 0.500. The average Bonchev–Trinajstić information content (AvgIpc) is 2.40. The normalized spacial score (nSPS) is 22.8. The third-order valence-electron chi connectivity index (χ3n) is 3.82. The molecule has 1 aliphatic heterocycles. The van der Waals surface area contributed by atoms with Gasteiger partial charge in [-0.05, 0) is 44.4 Å². The fourth-order valence-corrected chi connectivity index (χ4v) is 2.67. The highest BCUT2D eigenvalue weighted by Crippen LogP contribution is 2.38. The molecule has 0 saturated carbocycles. The highest BCUT2D eigenvalue weighted by molar-refractivity contribution is 6.00. The maximum atomic E-state index is 11.7. The number of carbonyl (C=O) groups excluding carboxylic acids is 1. The molecule has 4 nitrogen and oxygen atoms in total. The van der Waals surface area contributed by atoms with E-state index in [1.54, 1.807) is 0 Å². The largest absolute Gasteiger partial charge is 0.477 e. The summed E-state index contributed by atoms with van der Waals surface area (Å²) in [6.07, 6.45) is 2.04. The number of nitrogens with two attached hydrogens (primary N) is 1. The Balaban J connectivity index is 2.48. The van der Waals surface area contributed by atoms with Crippen molar-refractivity contribution in [3.8, 4) is 0 Å². The SMILES string of the molecule is CCC1(c2ccc(N)cc2)CCC(=O)N=C1OC(C)C. The summed E-state index contributed by atoms with van der Waals surface area (Å²) in [7, 11) is 0. The van der Waals surface area contributed by atoms with E-state index in [9.17, 15) is 4.79 Å². The molecule has 1 aromatic rings. The number of benzene rings is 1. The van der Waals surface area contributed by atoms with Crippen LogP contribution in [0.3, 0.4) is 0 Å². The minimum Gasteiger partial charge on any atom is -0.477 e. The van der Waals surface area contributed by atoms with Gasteiger partial charge in [-0.2, -0.15) is 4.99 Å². The fourth-order valence-electron chi connectivity index (χ4n) is 2.67. The van der Waals surface area contributed by atoms with Crippen LogP contribution in [-0.4, -0.2) is 17.9 Å². The van der Waals surface area contributed by atoms with Gasteiger partial charge in [0.1, 0.15) is 0 Å². The maximum absolute atomic E-state index is 11.7. The molecule has 1 heterocycles. The van der Waals surface area contributed by atoms with Gasteiger partial charge in [0.15, 0.2) is 0 Å². The van der Waals surface area contributed by atoms with Crippen molar-refractivity contribution in [1.82, 2.24) is 0 Å². The monoisotopic (exact) mass is 274 g/mol. The molecule has 0 fully saturated rings. The number of carbonyl (C=O) groups is 1.